The molecule has 19 heteroatoms. The molecule has 1 saturated heterocycles. The third-order valence-corrected chi connectivity index (χ3v) is 13.6. The van der Waals surface area contributed by atoms with E-state index in [1.807, 2.05) is 0 Å². The van der Waals surface area contributed by atoms with Crippen LogP contribution in [-0.4, -0.2) is 88.0 Å². The van der Waals surface area contributed by atoms with Crippen LogP contribution in [0.15, 0.2) is 58.3 Å². The highest BCUT2D eigenvalue weighted by atomic mass is 35.5. The maximum absolute atomic E-state index is 14.1. The Hall–Kier alpha value is -4.36. The predicted octanol–water partition coefficient (Wildman–Crippen LogP) is 4.13. The summed E-state index contributed by atoms with van der Waals surface area (Å²) >= 11 is 12.8. The number of H-pyrrole nitrogens is 2. The van der Waals surface area contributed by atoms with E-state index in [0.29, 0.717) is 42.7 Å². The third-order valence-electron chi connectivity index (χ3n) is 9.48. The summed E-state index contributed by atoms with van der Waals surface area (Å²) in [5.41, 5.74) is 12.1. The number of aromatic nitrogens is 2. The number of carbonyl (C=O) groups is 2. The summed E-state index contributed by atoms with van der Waals surface area (Å²) in [4.78, 5) is 30.0. The molecule has 1 fully saturated rings. The Bertz CT molecular complexity index is 2530. The fourth-order valence-corrected chi connectivity index (χ4v) is 10.6. The molecule has 2 atom stereocenters. The van der Waals surface area contributed by atoms with Crippen LogP contribution in [0.5, 0.6) is 11.5 Å². The summed E-state index contributed by atoms with van der Waals surface area (Å²) in [7, 11) is -7.17. The van der Waals surface area contributed by atoms with Crippen molar-refractivity contribution in [2.45, 2.75) is 47.7 Å². The molecule has 2 aliphatic rings. The Kier molecular flexibility index (Phi) is 9.63. The van der Waals surface area contributed by atoms with Gasteiger partial charge in [-0.15, -0.1) is 0 Å². The van der Waals surface area contributed by atoms with Crippen LogP contribution in [0.4, 0.5) is 0 Å². The summed E-state index contributed by atoms with van der Waals surface area (Å²) in [5, 5.41) is 0.779. The Morgan fingerprint density at radius 1 is 0.906 bits per heavy atom. The van der Waals surface area contributed by atoms with Crippen LogP contribution >= 0.6 is 23.2 Å². The average Bonchev–Trinajstić information content (AvgIpc) is 3.71. The first-order chi connectivity index (χ1) is 25.1. The molecule has 2 unspecified atom stereocenters. The molecule has 0 saturated carbocycles. The SMILES string of the molecule is CC(NS(=O)(=O)c1c(C(N)=O)[nH]c2ccc(Cl)cc12)C1COc2c(cccc2-c2cc(Cl)cc3c(S(=O)(=O)N(C)C4CCOCC4)c(C(N)=O)[nH]c23)O1. The van der Waals surface area contributed by atoms with Gasteiger partial charge in [-0.05, 0) is 56.2 Å². The second kappa shape index (κ2) is 13.8. The lowest BCUT2D eigenvalue weighted by molar-refractivity contribution is 0.0632. The number of nitrogens with one attached hydrogen (secondary N) is 3. The molecule has 7 N–H and O–H groups in total. The Labute approximate surface area is 313 Å². The lowest BCUT2D eigenvalue weighted by Crippen LogP contribution is -2.48. The van der Waals surface area contributed by atoms with Crippen LogP contribution in [0.3, 0.4) is 0 Å². The number of primary amides is 2. The van der Waals surface area contributed by atoms with E-state index in [4.69, 9.17) is 48.9 Å². The van der Waals surface area contributed by atoms with Gasteiger partial charge < -0.3 is 35.6 Å². The molecule has 0 aliphatic carbocycles. The van der Waals surface area contributed by atoms with Crippen molar-refractivity contribution in [3.63, 3.8) is 0 Å². The number of nitrogens with zero attached hydrogens (tertiary/aromatic N) is 1. The van der Waals surface area contributed by atoms with Gasteiger partial charge in [-0.25, -0.2) is 21.6 Å². The number of benzene rings is 3. The Morgan fingerprint density at radius 2 is 1.58 bits per heavy atom. The van der Waals surface area contributed by atoms with E-state index >= 15 is 0 Å². The predicted molar refractivity (Wildman–Crippen MR) is 198 cm³/mol. The lowest BCUT2D eigenvalue weighted by atomic mass is 10.0. The van der Waals surface area contributed by atoms with Gasteiger partial charge in [-0.1, -0.05) is 35.3 Å². The van der Waals surface area contributed by atoms with Gasteiger partial charge >= 0.3 is 0 Å². The van der Waals surface area contributed by atoms with E-state index in [2.05, 4.69) is 14.7 Å². The van der Waals surface area contributed by atoms with Gasteiger partial charge in [0.15, 0.2) is 11.5 Å². The first-order valence-corrected chi connectivity index (χ1v) is 20.0. The third kappa shape index (κ3) is 6.60. The average molecular weight is 806 g/mol. The van der Waals surface area contributed by atoms with Crippen molar-refractivity contribution >= 4 is 76.9 Å². The quantitative estimate of drug-likeness (QED) is 0.137. The zero-order valence-electron chi connectivity index (χ0n) is 28.2. The summed E-state index contributed by atoms with van der Waals surface area (Å²) in [6.45, 7) is 2.27. The van der Waals surface area contributed by atoms with E-state index in [1.54, 1.807) is 43.3 Å². The molecule has 280 valence electrons. The first-order valence-electron chi connectivity index (χ1n) is 16.4. The lowest BCUT2D eigenvalue weighted by Gasteiger charge is -2.32. The van der Waals surface area contributed by atoms with Crippen LogP contribution < -0.4 is 25.7 Å². The zero-order chi connectivity index (χ0) is 38.0. The molecular formula is C34H34Cl2N6O9S2. The summed E-state index contributed by atoms with van der Waals surface area (Å²) < 4.78 is 77.4. The van der Waals surface area contributed by atoms with Crippen molar-refractivity contribution in [3.8, 4) is 22.6 Å². The Balaban J connectivity index is 1.23. The number of ether oxygens (including phenoxy) is 3. The van der Waals surface area contributed by atoms with Gasteiger partial charge in [0.2, 0.25) is 20.0 Å². The van der Waals surface area contributed by atoms with E-state index in [9.17, 15) is 26.4 Å². The van der Waals surface area contributed by atoms with Gasteiger partial charge in [0.05, 0.1) is 11.6 Å². The maximum atomic E-state index is 14.1. The fourth-order valence-electron chi connectivity index (χ4n) is 6.83. The molecule has 15 nitrogen and oxygen atoms in total. The molecule has 0 radical (unpaired) electrons. The molecule has 5 aromatic rings. The van der Waals surface area contributed by atoms with Crippen LogP contribution in [0.2, 0.25) is 10.0 Å². The van der Waals surface area contributed by atoms with E-state index in [-0.39, 0.29) is 71.7 Å². The number of para-hydroxylation sites is 1. The van der Waals surface area contributed by atoms with Crippen molar-refractivity contribution < 1.29 is 40.6 Å². The number of fused-ring (bicyclic) bond motifs is 3. The topological polar surface area (TPSA) is 229 Å². The van der Waals surface area contributed by atoms with Gasteiger partial charge in [0.25, 0.3) is 11.8 Å². The number of sulfonamides is 2. The largest absolute Gasteiger partial charge is 0.485 e. The van der Waals surface area contributed by atoms with E-state index in [1.165, 1.54) is 23.5 Å². The molecule has 7 rings (SSSR count). The zero-order valence-corrected chi connectivity index (χ0v) is 31.4. The first kappa shape index (κ1) is 37.0. The minimum atomic E-state index is -4.37. The van der Waals surface area contributed by atoms with Crippen LogP contribution in [0.25, 0.3) is 32.9 Å². The number of rotatable bonds is 10. The fraction of sp³-hybridized carbons (Fsp3) is 0.294. The molecule has 2 aromatic heterocycles. The molecule has 0 bridgehead atoms. The second-order valence-corrected chi connectivity index (χ2v) is 17.3. The second-order valence-electron chi connectivity index (χ2n) is 12.8. The molecule has 3 aromatic carbocycles. The van der Waals surface area contributed by atoms with Crippen LogP contribution in [0, 0.1) is 0 Å². The molecule has 4 heterocycles. The summed E-state index contributed by atoms with van der Waals surface area (Å²) in [6.07, 6.45) is 0.121. The number of halogens is 2. The van der Waals surface area contributed by atoms with Crippen molar-refractivity contribution in [1.29, 1.82) is 0 Å². The number of aromatic amines is 2. The number of nitrogens with two attached hydrogens (primary N) is 2. The molecule has 0 spiro atoms. The maximum Gasteiger partial charge on any atom is 0.266 e. The summed E-state index contributed by atoms with van der Waals surface area (Å²) in [5.74, 6) is -1.43. The normalized spacial score (nSPS) is 17.4. The highest BCUT2D eigenvalue weighted by Crippen LogP contribution is 2.46. The van der Waals surface area contributed by atoms with Gasteiger partial charge in [-0.2, -0.15) is 4.31 Å². The monoisotopic (exact) mass is 804 g/mol. The van der Waals surface area contributed by atoms with Crippen LogP contribution in [0.1, 0.15) is 40.7 Å². The smallest absolute Gasteiger partial charge is 0.266 e. The van der Waals surface area contributed by atoms with Gasteiger partial charge in [-0.3, -0.25) is 9.59 Å². The Morgan fingerprint density at radius 3 is 2.28 bits per heavy atom. The highest BCUT2D eigenvalue weighted by molar-refractivity contribution is 7.90. The van der Waals surface area contributed by atoms with E-state index < -0.39 is 44.0 Å². The summed E-state index contributed by atoms with van der Waals surface area (Å²) in [6, 6.07) is 11.3. The molecule has 2 amide bonds. The van der Waals surface area contributed by atoms with Gasteiger partial charge in [0.1, 0.15) is 33.9 Å². The molecular weight excluding hydrogens is 771 g/mol. The molecule has 2 aliphatic heterocycles. The number of amides is 2. The minimum absolute atomic E-state index is 0.118. The van der Waals surface area contributed by atoms with Crippen molar-refractivity contribution in [1.82, 2.24) is 19.0 Å². The van der Waals surface area contributed by atoms with Crippen LogP contribution in [-0.2, 0) is 24.8 Å². The van der Waals surface area contributed by atoms with Crippen molar-refractivity contribution in [3.05, 3.63) is 70.0 Å². The number of hydrogen-bond donors (Lipinski definition) is 5. The highest BCUT2D eigenvalue weighted by Gasteiger charge is 2.37. The van der Waals surface area contributed by atoms with Crippen molar-refractivity contribution in [2.75, 3.05) is 26.9 Å². The van der Waals surface area contributed by atoms with E-state index in [0.717, 1.165) is 0 Å². The van der Waals surface area contributed by atoms with Gasteiger partial charge in [0, 0.05) is 63.8 Å². The van der Waals surface area contributed by atoms with Crippen molar-refractivity contribution in [2.24, 2.45) is 11.5 Å². The number of carbonyl (C=O) groups excluding carboxylic acids is 2. The minimum Gasteiger partial charge on any atom is -0.485 e. The number of hydrogen-bond acceptors (Lipinski definition) is 9. The molecule has 53 heavy (non-hydrogen) atoms. The standard InChI is InChI=1S/C34H34Cl2N6O9S2/c1-16(41-52(45,46)31-22-12-17(35)6-7-24(22)39-28(31)33(37)43)26-15-50-30-20(4-3-5-25(30)51-26)21-13-18(36)14-23-27(21)40-29(34(38)44)32(23)53(47,48)42(2)19-8-10-49-11-9-19/h3-7,12-14,16,19,26,39-41H,8-11,15H2,1-2H3,(H2,37,43)(H2,38,44).